The fraction of sp³-hybridized carbons (Fsp3) is 0.138. The Hall–Kier alpha value is -4.40. The average Bonchev–Trinajstić information content (AvgIpc) is 3.52. The Kier molecular flexibility index (Phi) is 5.75. The van der Waals surface area contributed by atoms with Gasteiger partial charge < -0.3 is 15.6 Å². The van der Waals surface area contributed by atoms with Crippen LogP contribution in [0.3, 0.4) is 0 Å². The van der Waals surface area contributed by atoms with Crippen molar-refractivity contribution in [1.82, 2.24) is 30.0 Å². The van der Waals surface area contributed by atoms with Crippen molar-refractivity contribution in [3.63, 3.8) is 0 Å². The molecule has 7 nitrogen and oxygen atoms in total. The fourth-order valence-corrected chi connectivity index (χ4v) is 4.79. The number of benzene rings is 2. The molecule has 1 atom stereocenters. The van der Waals surface area contributed by atoms with E-state index in [0.29, 0.717) is 6.54 Å². The lowest BCUT2D eigenvalue weighted by Crippen LogP contribution is -2.26. The number of likely N-dealkylation sites (N-methyl/N-ethyl adjacent to an activating group) is 1. The molecule has 184 valence electrons. The molecule has 37 heavy (non-hydrogen) atoms. The van der Waals surface area contributed by atoms with Gasteiger partial charge in [0.05, 0.1) is 16.9 Å². The molecule has 4 heterocycles. The molecule has 0 amide bonds. The molecule has 0 spiro atoms. The second-order valence-corrected chi connectivity index (χ2v) is 9.49. The highest BCUT2D eigenvalue weighted by molar-refractivity contribution is 6.00. The Morgan fingerprint density at radius 1 is 0.946 bits per heavy atom. The van der Waals surface area contributed by atoms with Gasteiger partial charge >= 0.3 is 0 Å². The molecule has 0 bridgehead atoms. The zero-order chi connectivity index (χ0) is 25.5. The van der Waals surface area contributed by atoms with Crippen molar-refractivity contribution < 1.29 is 4.39 Å². The van der Waals surface area contributed by atoms with Crippen LogP contribution >= 0.6 is 0 Å². The van der Waals surface area contributed by atoms with E-state index in [0.717, 1.165) is 61.3 Å². The topological polar surface area (TPSA) is 99.5 Å². The first-order valence-electron chi connectivity index (χ1n) is 12.0. The van der Waals surface area contributed by atoms with Crippen molar-refractivity contribution in [1.29, 1.82) is 0 Å². The number of hydrogen-bond acceptors (Lipinski definition) is 5. The Balaban J connectivity index is 1.45. The number of nitrogens with two attached hydrogens (primary N) is 1. The third-order valence-corrected chi connectivity index (χ3v) is 6.52. The predicted molar refractivity (Wildman–Crippen MR) is 145 cm³/mol. The zero-order valence-corrected chi connectivity index (χ0v) is 20.5. The van der Waals surface area contributed by atoms with Crippen LogP contribution < -0.4 is 5.73 Å². The number of aromatic nitrogens is 5. The van der Waals surface area contributed by atoms with Crippen molar-refractivity contribution in [2.24, 2.45) is 5.73 Å². The summed E-state index contributed by atoms with van der Waals surface area (Å²) in [4.78, 5) is 14.5. The summed E-state index contributed by atoms with van der Waals surface area (Å²) in [5.41, 5.74) is 14.8. The first-order chi connectivity index (χ1) is 18.0. The Morgan fingerprint density at radius 3 is 2.59 bits per heavy atom. The van der Waals surface area contributed by atoms with Crippen LogP contribution in [0.2, 0.25) is 0 Å². The lowest BCUT2D eigenvalue weighted by molar-refractivity contribution is 0.376. The number of pyridine rings is 2. The van der Waals surface area contributed by atoms with Crippen LogP contribution in [0, 0.1) is 5.82 Å². The Labute approximate surface area is 213 Å². The molecule has 6 rings (SSSR count). The summed E-state index contributed by atoms with van der Waals surface area (Å²) in [7, 11) is 3.91. The lowest BCUT2D eigenvalue weighted by Gasteiger charge is -2.18. The molecule has 2 aromatic carbocycles. The lowest BCUT2D eigenvalue weighted by atomic mass is 9.97. The van der Waals surface area contributed by atoms with Gasteiger partial charge in [-0.1, -0.05) is 12.1 Å². The first kappa shape index (κ1) is 23.0. The van der Waals surface area contributed by atoms with E-state index in [1.807, 2.05) is 73.6 Å². The van der Waals surface area contributed by atoms with E-state index in [-0.39, 0.29) is 11.9 Å². The molecule has 6 aromatic rings. The van der Waals surface area contributed by atoms with Gasteiger partial charge in [0, 0.05) is 41.4 Å². The van der Waals surface area contributed by atoms with E-state index < -0.39 is 0 Å². The van der Waals surface area contributed by atoms with Crippen LogP contribution in [0.4, 0.5) is 4.39 Å². The van der Waals surface area contributed by atoms with Crippen LogP contribution in [0.5, 0.6) is 0 Å². The molecule has 0 saturated heterocycles. The number of fused-ring (bicyclic) bond motifs is 2. The molecule has 8 heteroatoms. The van der Waals surface area contributed by atoms with Crippen molar-refractivity contribution in [2.75, 3.05) is 20.6 Å². The smallest absolute Gasteiger partial charge is 0.135 e. The third-order valence-electron chi connectivity index (χ3n) is 6.52. The minimum atomic E-state index is -0.305. The maximum atomic E-state index is 14.7. The molecule has 0 radical (unpaired) electrons. The van der Waals surface area contributed by atoms with Crippen LogP contribution in [-0.2, 0) is 0 Å². The van der Waals surface area contributed by atoms with E-state index >= 15 is 0 Å². The quantitative estimate of drug-likeness (QED) is 0.284. The molecule has 4 N–H and O–H groups in total. The highest BCUT2D eigenvalue weighted by Crippen LogP contribution is 2.35. The summed E-state index contributed by atoms with van der Waals surface area (Å²) in [6.45, 7) is 0.627. The predicted octanol–water partition coefficient (Wildman–Crippen LogP) is 5.54. The molecule has 0 aliphatic heterocycles. The van der Waals surface area contributed by atoms with Crippen LogP contribution in [0.1, 0.15) is 11.6 Å². The van der Waals surface area contributed by atoms with Crippen LogP contribution in [0.15, 0.2) is 79.1 Å². The largest absolute Gasteiger partial charge is 0.353 e. The molecule has 0 aliphatic carbocycles. The number of rotatable bonds is 6. The van der Waals surface area contributed by atoms with Crippen LogP contribution in [-0.4, -0.2) is 50.7 Å². The summed E-state index contributed by atoms with van der Waals surface area (Å²) in [5, 5.41) is 8.62. The summed E-state index contributed by atoms with van der Waals surface area (Å²) in [6.07, 6.45) is 3.50. The van der Waals surface area contributed by atoms with Gasteiger partial charge in [-0.25, -0.2) is 9.37 Å². The Morgan fingerprint density at radius 2 is 1.78 bits per heavy atom. The van der Waals surface area contributed by atoms with Gasteiger partial charge in [-0.3, -0.25) is 10.1 Å². The van der Waals surface area contributed by atoms with E-state index in [1.54, 1.807) is 18.5 Å². The van der Waals surface area contributed by atoms with Gasteiger partial charge in [-0.05, 0) is 85.4 Å². The van der Waals surface area contributed by atoms with Gasteiger partial charge in [0.15, 0.2) is 0 Å². The number of H-pyrrole nitrogens is 2. The number of aromatic amines is 2. The zero-order valence-electron chi connectivity index (χ0n) is 20.5. The number of nitrogens with zero attached hydrogens (tertiary/aromatic N) is 4. The third kappa shape index (κ3) is 4.37. The maximum Gasteiger partial charge on any atom is 0.135 e. The molecule has 4 aromatic heterocycles. The highest BCUT2D eigenvalue weighted by atomic mass is 19.1. The maximum absolute atomic E-state index is 14.7. The fourth-order valence-electron chi connectivity index (χ4n) is 4.79. The second kappa shape index (κ2) is 9.24. The number of halogens is 1. The van der Waals surface area contributed by atoms with Gasteiger partial charge in [-0.15, -0.1) is 0 Å². The van der Waals surface area contributed by atoms with Crippen molar-refractivity contribution in [2.45, 2.75) is 6.04 Å². The van der Waals surface area contributed by atoms with Crippen LogP contribution in [0.25, 0.3) is 55.7 Å². The standard InChI is InChI=1S/C29H26FN7/c1-37(2)16-23(31)19-12-18(13-20(30)14-19)21-4-3-5-25-22(21)15-27(33-25)29-28-26(35-36-29)7-6-24(34-28)17-8-10-32-11-9-17/h3-15,23,33H,16,31H2,1-2H3,(H,35,36). The number of nitrogens with one attached hydrogen (secondary N) is 2. The van der Waals surface area contributed by atoms with E-state index in [4.69, 9.17) is 10.7 Å². The summed E-state index contributed by atoms with van der Waals surface area (Å²) >= 11 is 0. The molecule has 0 aliphatic rings. The molecule has 0 fully saturated rings. The summed E-state index contributed by atoms with van der Waals surface area (Å²) in [5.74, 6) is -0.305. The average molecular weight is 492 g/mol. The monoisotopic (exact) mass is 491 g/mol. The highest BCUT2D eigenvalue weighted by Gasteiger charge is 2.17. The molecule has 0 saturated carbocycles. The van der Waals surface area contributed by atoms with Gasteiger partial charge in [0.1, 0.15) is 17.0 Å². The van der Waals surface area contributed by atoms with Gasteiger partial charge in [-0.2, -0.15) is 5.10 Å². The van der Waals surface area contributed by atoms with Crippen molar-refractivity contribution >= 4 is 21.9 Å². The second-order valence-electron chi connectivity index (χ2n) is 9.49. The Bertz CT molecular complexity index is 1720. The minimum absolute atomic E-state index is 0.290. The van der Waals surface area contributed by atoms with E-state index in [1.165, 1.54) is 6.07 Å². The normalized spacial score (nSPS) is 12.6. The molecular formula is C29H26FN7. The summed E-state index contributed by atoms with van der Waals surface area (Å²) in [6, 6.07) is 20.6. The van der Waals surface area contributed by atoms with Crippen molar-refractivity contribution in [3.8, 4) is 33.8 Å². The van der Waals surface area contributed by atoms with Crippen molar-refractivity contribution in [3.05, 3.63) is 90.5 Å². The molecular weight excluding hydrogens is 465 g/mol. The van der Waals surface area contributed by atoms with E-state index in [2.05, 4.69) is 20.2 Å². The van der Waals surface area contributed by atoms with Gasteiger partial charge in [0.2, 0.25) is 0 Å². The SMILES string of the molecule is CN(C)CC(N)c1cc(F)cc(-c2cccc3[nH]c(-c4n[nH]c5ccc(-c6ccncc6)nc45)cc23)c1. The van der Waals surface area contributed by atoms with Gasteiger partial charge in [0.25, 0.3) is 0 Å². The summed E-state index contributed by atoms with van der Waals surface area (Å²) < 4.78 is 14.7. The minimum Gasteiger partial charge on any atom is -0.353 e. The number of hydrogen-bond donors (Lipinski definition) is 3. The first-order valence-corrected chi connectivity index (χ1v) is 12.0. The molecule has 1 unspecified atom stereocenters. The van der Waals surface area contributed by atoms with E-state index in [9.17, 15) is 4.39 Å².